The van der Waals surface area contributed by atoms with Gasteiger partial charge in [-0.3, -0.25) is 9.59 Å². The van der Waals surface area contributed by atoms with Gasteiger partial charge in [-0.2, -0.15) is 0 Å². The van der Waals surface area contributed by atoms with Crippen molar-refractivity contribution < 1.29 is 42.3 Å². The minimum absolute atomic E-state index is 0. The smallest absolute Gasteiger partial charge is 0.270 e. The summed E-state index contributed by atoms with van der Waals surface area (Å²) in [6.07, 6.45) is 0.528. The Hall–Kier alpha value is 0.109. The van der Waals surface area contributed by atoms with E-state index < -0.39 is 0 Å². The molecule has 1 aliphatic rings. The molecule has 80 valence electrons. The average Bonchev–Trinajstić information content (AvgIpc) is 2.13. The predicted octanol–water partition coefficient (Wildman–Crippen LogP) is -0.0943. The Morgan fingerprint density at radius 1 is 1.53 bits per heavy atom. The number of carbonyl (C=O) groups is 2. The van der Waals surface area contributed by atoms with Crippen LogP contribution in [0.5, 0.6) is 0 Å². The van der Waals surface area contributed by atoms with Crippen molar-refractivity contribution in [3.8, 4) is 0 Å². The predicted molar refractivity (Wildman–Crippen MR) is 54.5 cm³/mol. The molecule has 2 amide bonds. The van der Waals surface area contributed by atoms with Crippen molar-refractivity contribution in [2.24, 2.45) is 5.92 Å². The molecule has 2 radical (unpaired) electrons. The molecule has 1 unspecified atom stereocenters. The Balaban J connectivity index is 0.00000196. The molecule has 1 atom stereocenters. The van der Waals surface area contributed by atoms with Gasteiger partial charge in [0.25, 0.3) is 7.41 Å². The van der Waals surface area contributed by atoms with Gasteiger partial charge in [0.1, 0.15) is 6.04 Å². The van der Waals surface area contributed by atoms with Crippen LogP contribution in [0.25, 0.3) is 0 Å². The topological polar surface area (TPSA) is 40.6 Å². The van der Waals surface area contributed by atoms with Crippen LogP contribution in [0.2, 0.25) is 0 Å². The number of likely N-dealkylation sites (N-methyl/N-ethyl adjacent to an activating group) is 1. The normalized spacial score (nSPS) is 21.1. The van der Waals surface area contributed by atoms with Gasteiger partial charge in [-0.1, -0.05) is 13.8 Å². The Morgan fingerprint density at radius 2 is 2.07 bits per heavy atom. The van der Waals surface area contributed by atoms with Crippen LogP contribution in [0.3, 0.4) is 0 Å². The molecule has 0 aliphatic carbocycles. The molecule has 1 aliphatic heterocycles. The second-order valence-electron chi connectivity index (χ2n) is 3.95. The van der Waals surface area contributed by atoms with Crippen molar-refractivity contribution in [3.05, 3.63) is 0 Å². The van der Waals surface area contributed by atoms with Gasteiger partial charge in [-0.05, 0) is 14.0 Å². The molecule has 1 fully saturated rings. The number of nitrogens with zero attached hydrogens (tertiary/aromatic N) is 2. The number of hydrogen-bond donors (Lipinski definition) is 0. The summed E-state index contributed by atoms with van der Waals surface area (Å²) in [6, 6.07) is -0.333. The van der Waals surface area contributed by atoms with Crippen LogP contribution in [0.4, 0.5) is 0 Å². The molecular weight excluding hydrogens is 268 g/mol. The first kappa shape index (κ1) is 15.1. The van der Waals surface area contributed by atoms with Crippen LogP contribution in [-0.2, 0) is 42.3 Å². The molecule has 0 aromatic rings. The quantitative estimate of drug-likeness (QED) is 0.631. The van der Waals surface area contributed by atoms with E-state index in [9.17, 15) is 9.59 Å². The Morgan fingerprint density at radius 3 is 2.53 bits per heavy atom. The molecule has 0 aromatic carbocycles. The van der Waals surface area contributed by atoms with Gasteiger partial charge < -0.3 is 9.71 Å². The zero-order valence-electron chi connectivity index (χ0n) is 9.73. The van der Waals surface area contributed by atoms with E-state index in [0.29, 0.717) is 6.44 Å². The Labute approximate surface area is 117 Å². The van der Waals surface area contributed by atoms with Crippen molar-refractivity contribution in [2.75, 3.05) is 13.5 Å². The molecule has 0 bridgehead atoms. The maximum atomic E-state index is 11.7. The van der Waals surface area contributed by atoms with E-state index >= 15 is 0 Å². The third-order valence-electron chi connectivity index (χ3n) is 2.50. The molecule has 4 nitrogen and oxygen atoms in total. The molecular formula is C9H16BN2O2Y. The first-order valence-corrected chi connectivity index (χ1v) is 4.85. The third-order valence-corrected chi connectivity index (χ3v) is 2.50. The molecule has 0 N–H and O–H groups in total. The molecule has 0 spiro atoms. The number of hydrogen-bond acceptors (Lipinski definition) is 2. The van der Waals surface area contributed by atoms with E-state index in [1.807, 2.05) is 13.8 Å². The second-order valence-corrected chi connectivity index (χ2v) is 3.95. The summed E-state index contributed by atoms with van der Waals surface area (Å²) in [5, 5.41) is 0. The van der Waals surface area contributed by atoms with Gasteiger partial charge in [0.2, 0.25) is 11.8 Å². The summed E-state index contributed by atoms with van der Waals surface area (Å²) in [6.45, 7) is 5.46. The Bertz CT molecular complexity index is 260. The SMILES string of the molecule is CC(C)C(=O)N1C[B]N(C)C(=O)C1C.[Y]. The van der Waals surface area contributed by atoms with Crippen LogP contribution < -0.4 is 0 Å². The fourth-order valence-corrected chi connectivity index (χ4v) is 1.50. The van der Waals surface area contributed by atoms with Gasteiger partial charge in [0, 0.05) is 45.1 Å². The largest absolute Gasteiger partial charge is 0.390 e. The first-order chi connectivity index (χ1) is 6.45. The standard InChI is InChI=1S/C9H16BN2O2.Y/c1-6(2)8(13)12-5-10-11(4)9(14)7(12)3;/h6-7H,5H2,1-4H3;. The minimum Gasteiger partial charge on any atom is -0.390 e. The van der Waals surface area contributed by atoms with Crippen LogP contribution >= 0.6 is 0 Å². The van der Waals surface area contributed by atoms with Crippen molar-refractivity contribution in [3.63, 3.8) is 0 Å². The van der Waals surface area contributed by atoms with Crippen molar-refractivity contribution in [2.45, 2.75) is 26.8 Å². The van der Waals surface area contributed by atoms with E-state index in [1.54, 1.807) is 31.1 Å². The summed E-state index contributed by atoms with van der Waals surface area (Å²) in [4.78, 5) is 26.4. The molecule has 0 saturated carbocycles. The molecule has 0 aromatic heterocycles. The average molecular weight is 284 g/mol. The van der Waals surface area contributed by atoms with Crippen molar-refractivity contribution in [1.82, 2.24) is 9.71 Å². The Kier molecular flexibility index (Phi) is 6.04. The van der Waals surface area contributed by atoms with Gasteiger partial charge >= 0.3 is 0 Å². The molecule has 1 saturated heterocycles. The van der Waals surface area contributed by atoms with E-state index in [-0.39, 0.29) is 56.5 Å². The fraction of sp³-hybridized carbons (Fsp3) is 0.778. The minimum atomic E-state index is -0.333. The van der Waals surface area contributed by atoms with Crippen LogP contribution in [0, 0.1) is 5.92 Å². The summed E-state index contributed by atoms with van der Waals surface area (Å²) in [5.74, 6) is -0.0393. The second kappa shape index (κ2) is 6.00. The van der Waals surface area contributed by atoms with Gasteiger partial charge in [-0.25, -0.2) is 0 Å². The van der Waals surface area contributed by atoms with E-state index in [1.165, 1.54) is 0 Å². The number of carbonyl (C=O) groups excluding carboxylic acids is 2. The molecule has 6 heteroatoms. The van der Waals surface area contributed by atoms with Gasteiger partial charge in [0.05, 0.1) is 0 Å². The van der Waals surface area contributed by atoms with Gasteiger partial charge in [0.15, 0.2) is 0 Å². The van der Waals surface area contributed by atoms with E-state index in [2.05, 4.69) is 0 Å². The van der Waals surface area contributed by atoms with Crippen molar-refractivity contribution in [1.29, 1.82) is 0 Å². The van der Waals surface area contributed by atoms with Crippen molar-refractivity contribution >= 4 is 19.2 Å². The molecule has 1 heterocycles. The maximum absolute atomic E-state index is 11.7. The molecule has 1 rings (SSSR count). The zero-order valence-corrected chi connectivity index (χ0v) is 12.6. The number of amides is 2. The molecule has 15 heavy (non-hydrogen) atoms. The monoisotopic (exact) mass is 284 g/mol. The summed E-state index contributed by atoms with van der Waals surface area (Å²) >= 11 is 0. The number of rotatable bonds is 1. The van der Waals surface area contributed by atoms with Gasteiger partial charge in [-0.15, -0.1) is 0 Å². The fourth-order valence-electron chi connectivity index (χ4n) is 1.50. The summed E-state index contributed by atoms with van der Waals surface area (Å²) in [7, 11) is 3.46. The zero-order chi connectivity index (χ0) is 10.9. The summed E-state index contributed by atoms with van der Waals surface area (Å²) in [5.41, 5.74) is 0. The third kappa shape index (κ3) is 3.28. The van der Waals surface area contributed by atoms with Crippen LogP contribution in [0.1, 0.15) is 20.8 Å². The maximum Gasteiger partial charge on any atom is 0.270 e. The first-order valence-electron chi connectivity index (χ1n) is 4.85. The van der Waals surface area contributed by atoms with E-state index in [4.69, 9.17) is 0 Å². The van der Waals surface area contributed by atoms with Crippen LogP contribution in [-0.4, -0.2) is 48.5 Å². The van der Waals surface area contributed by atoms with Crippen LogP contribution in [0.15, 0.2) is 0 Å². The summed E-state index contributed by atoms with van der Waals surface area (Å²) < 4.78 is 0. The van der Waals surface area contributed by atoms with E-state index in [0.717, 1.165) is 0 Å².